The van der Waals surface area contributed by atoms with Gasteiger partial charge in [0.1, 0.15) is 0 Å². The molecule has 6 aromatic rings. The fraction of sp³-hybridized carbons (Fsp3) is 0.694. The van der Waals surface area contributed by atoms with E-state index in [2.05, 4.69) is 180 Å². The van der Waals surface area contributed by atoms with Crippen LogP contribution in [0.3, 0.4) is 0 Å². The SMILES string of the molecule is CCCCCCCCC(CCCCCC)CN1C(=O)C(=C(C)C)c2ccc3c4c(ccc3c21)C(=C(C)C)C(=O)N4CC(CCCCCC)CCCCCCCC.CCCCCCCCC(CCCCCC)Cn1c(=O)c(=O)c2ccc3c(ccc4c(=O)c(=O)n(CC(CCCCCC)CCCCCCCC)c43)c21.PP(P)P(P)P(P(P)P)P(P)P. The zero-order chi connectivity index (χ0) is 87.6. The Labute approximate surface area is 751 Å². The van der Waals surface area contributed by atoms with Crippen molar-refractivity contribution in [3.8, 4) is 0 Å². The molecule has 2 aliphatic rings. The van der Waals surface area contributed by atoms with E-state index in [0.29, 0.717) is 58.6 Å². The number of rotatable bonds is 60. The molecular formula is C98H166N4O6P12. The van der Waals surface area contributed by atoms with Crippen LogP contribution in [0.1, 0.15) is 402 Å². The number of amides is 2. The van der Waals surface area contributed by atoms with Gasteiger partial charge >= 0.3 is 0 Å². The zero-order valence-electron chi connectivity index (χ0n) is 77.2. The van der Waals surface area contributed by atoms with Gasteiger partial charge in [-0.15, -0.1) is 62.5 Å². The van der Waals surface area contributed by atoms with Gasteiger partial charge in [-0.2, -0.15) is 0 Å². The van der Waals surface area contributed by atoms with Crippen molar-refractivity contribution in [1.29, 1.82) is 0 Å². The Morgan fingerprint density at radius 2 is 0.508 bits per heavy atom. The number of anilines is 2. The Hall–Kier alpha value is -0.740. The summed E-state index contributed by atoms with van der Waals surface area (Å²) in [6.45, 7) is 29.8. The van der Waals surface area contributed by atoms with Crippen LogP contribution < -0.4 is 31.8 Å². The van der Waals surface area contributed by atoms with E-state index in [1.54, 1.807) is 21.3 Å². The highest BCUT2D eigenvalue weighted by Crippen LogP contribution is 3.16. The second-order valence-corrected chi connectivity index (χ2v) is 80.9. The van der Waals surface area contributed by atoms with Crippen molar-refractivity contribution < 1.29 is 9.59 Å². The molecule has 2 aliphatic heterocycles. The maximum atomic E-state index is 14.6. The smallest absolute Gasteiger partial charge is 0.299 e. The van der Waals surface area contributed by atoms with Crippen molar-refractivity contribution in [1.82, 2.24) is 9.13 Å². The minimum Gasteiger partial charge on any atom is -0.307 e. The number of benzene rings is 4. The van der Waals surface area contributed by atoms with Crippen LogP contribution in [0.15, 0.2) is 78.9 Å². The third-order valence-electron chi connectivity index (χ3n) is 25.5. The summed E-state index contributed by atoms with van der Waals surface area (Å²) in [5, 5.41) is 4.73. The van der Waals surface area contributed by atoms with E-state index in [9.17, 15) is 28.8 Å². The lowest BCUT2D eigenvalue weighted by atomic mass is 9.92. The summed E-state index contributed by atoms with van der Waals surface area (Å²) in [6, 6.07) is 16.2. The monoisotopic (exact) mass is 1870 g/mol. The van der Waals surface area contributed by atoms with E-state index in [4.69, 9.17) is 0 Å². The van der Waals surface area contributed by atoms with Crippen LogP contribution in [-0.2, 0) is 22.7 Å². The van der Waals surface area contributed by atoms with Gasteiger partial charge in [-0.05, 0) is 150 Å². The minimum atomic E-state index is -0.447. The molecule has 0 saturated carbocycles. The van der Waals surface area contributed by atoms with Crippen LogP contribution in [0.5, 0.6) is 0 Å². The van der Waals surface area contributed by atoms with E-state index in [0.717, 1.165) is 131 Å². The van der Waals surface area contributed by atoms with Crippen molar-refractivity contribution >= 4 is 175 Å². The van der Waals surface area contributed by atoms with Gasteiger partial charge in [-0.25, -0.2) is 0 Å². The van der Waals surface area contributed by atoms with E-state index in [1.807, 2.05) is 12.1 Å². The van der Waals surface area contributed by atoms with E-state index in [-0.39, 0.29) is 46.8 Å². The topological polar surface area (TPSA) is 119 Å². The summed E-state index contributed by atoms with van der Waals surface area (Å²) in [6.07, 6.45) is 58.9. The van der Waals surface area contributed by atoms with Gasteiger partial charge in [0.15, 0.2) is 0 Å². The molecule has 0 bridgehead atoms. The summed E-state index contributed by atoms with van der Waals surface area (Å²) in [5.74, 6) is 1.96. The van der Waals surface area contributed by atoms with E-state index >= 15 is 0 Å². The Balaban J connectivity index is 0.000000327. The summed E-state index contributed by atoms with van der Waals surface area (Å²) in [7, 11) is 21.0. The molecule has 0 saturated heterocycles. The highest BCUT2D eigenvalue weighted by molar-refractivity contribution is 9.21. The van der Waals surface area contributed by atoms with E-state index in [1.165, 1.54) is 257 Å². The van der Waals surface area contributed by atoms with Gasteiger partial charge in [-0.1, -0.05) is 360 Å². The lowest BCUT2D eigenvalue weighted by Crippen LogP contribution is -2.33. The van der Waals surface area contributed by atoms with Crippen molar-refractivity contribution in [2.24, 2.45) is 23.7 Å². The maximum absolute atomic E-state index is 14.6. The number of carbonyl (C=O) groups is 2. The highest BCUT2D eigenvalue weighted by atomic mass is 33.3. The van der Waals surface area contributed by atoms with Crippen LogP contribution in [0.2, 0.25) is 0 Å². The largest absolute Gasteiger partial charge is 0.307 e. The summed E-state index contributed by atoms with van der Waals surface area (Å²) in [4.78, 5) is 87.8. The molecule has 10 nitrogen and oxygen atoms in total. The second-order valence-electron chi connectivity index (χ2n) is 35.9. The number of allylic oxidation sites excluding steroid dienone is 2. The number of hydrogen-bond acceptors (Lipinski definition) is 6. The van der Waals surface area contributed by atoms with Crippen LogP contribution in [0, 0.1) is 23.7 Å². The average molecular weight is 1870 g/mol. The van der Waals surface area contributed by atoms with Crippen molar-refractivity contribution in [2.45, 2.75) is 404 Å². The highest BCUT2D eigenvalue weighted by Gasteiger charge is 2.40. The van der Waals surface area contributed by atoms with Gasteiger partial charge in [0.2, 0.25) is 0 Å². The zero-order valence-corrected chi connectivity index (χ0v) is 89.8. The first-order valence-electron chi connectivity index (χ1n) is 48.1. The molecule has 0 aliphatic carbocycles. The van der Waals surface area contributed by atoms with Gasteiger partial charge in [0, 0.05) is 70.0 Å². The second kappa shape index (κ2) is 60.3. The van der Waals surface area contributed by atoms with Crippen molar-refractivity contribution in [2.75, 3.05) is 22.9 Å². The summed E-state index contributed by atoms with van der Waals surface area (Å²) >= 11 is 0. The van der Waals surface area contributed by atoms with Gasteiger partial charge < -0.3 is 18.9 Å². The molecule has 120 heavy (non-hydrogen) atoms. The minimum absolute atomic E-state index is 0.103. The van der Waals surface area contributed by atoms with Crippen molar-refractivity contribution in [3.05, 3.63) is 112 Å². The molecule has 2 amide bonds. The predicted molar refractivity (Wildman–Crippen MR) is 571 cm³/mol. The van der Waals surface area contributed by atoms with Gasteiger partial charge in [0.25, 0.3) is 33.8 Å². The standard InChI is InChI=1S/C52H82N2O2.C46H70N2O4.H14P12/c1-9-13-17-21-23-27-31-41(29-25-19-15-11-3)37-53-49-43-33-36-46-48(40(7)8)52(56)54(50(46)44(43)34-35-45(49)47(39(5)6)51(53)55)38-42(30-26-20-16-12-4)32-28-24-22-18-14-10-2;1-5-9-13-17-19-23-27-35(25-21-15-11-7-3)33-47-41-37-29-32-40-42(38(37)30-31-39(41)43(49)45(47)51)48(46(52)44(40)50)34-36(26-22-16-12-8-4)28-24-20-18-14-10-6-2;1-8(2)11(7)12(9(3)4)10(5)6/h33-36,41-42H,9-32,37-38H2,1-8H3;29-32,35-36H,5-28,33-34H2,1-4H3;1-7H2. The number of aromatic nitrogens is 2. The van der Waals surface area contributed by atoms with Crippen LogP contribution >= 0.6 is 97.4 Å². The number of hydrogen-bond donors (Lipinski definition) is 0. The first-order valence-corrected chi connectivity index (χ1v) is 68.9. The summed E-state index contributed by atoms with van der Waals surface area (Å²) < 4.78 is 3.51. The maximum Gasteiger partial charge on any atom is 0.299 e. The van der Waals surface area contributed by atoms with Gasteiger partial charge in [0.05, 0.1) is 33.2 Å². The normalized spacial score (nSPS) is 14.3. The molecule has 4 aromatic carbocycles. The fourth-order valence-electron chi connectivity index (χ4n) is 18.8. The number of carbonyl (C=O) groups excluding carboxylic acids is 2. The third-order valence-corrected chi connectivity index (χ3v) is 92.2. The first kappa shape index (κ1) is 108. The molecule has 0 fully saturated rings. The Morgan fingerprint density at radius 1 is 0.283 bits per heavy atom. The first-order chi connectivity index (χ1) is 57.9. The molecule has 2 aromatic heterocycles. The van der Waals surface area contributed by atoms with Crippen LogP contribution in [0.25, 0.3) is 54.5 Å². The molecule has 0 N–H and O–H groups in total. The molecular weight excluding hydrogens is 1700 g/mol. The van der Waals surface area contributed by atoms with Crippen LogP contribution in [0.4, 0.5) is 11.4 Å². The third kappa shape index (κ3) is 33.0. The average Bonchev–Trinajstić information content (AvgIpc) is 1.60. The number of unbranched alkanes of at least 4 members (excludes halogenated alkanes) is 32. The quantitative estimate of drug-likeness (QED) is 0.0162. The van der Waals surface area contributed by atoms with E-state index < -0.39 is 22.0 Å². The van der Waals surface area contributed by atoms with Gasteiger partial charge in [-0.3, -0.25) is 28.8 Å². The number of fused-ring (bicyclic) bond motifs is 10. The lowest BCUT2D eigenvalue weighted by molar-refractivity contribution is -0.114. The van der Waals surface area contributed by atoms with Crippen molar-refractivity contribution in [3.63, 3.8) is 0 Å². The molecule has 12 atom stereocenters. The Kier molecular flexibility index (Phi) is 54.3. The van der Waals surface area contributed by atoms with Crippen LogP contribution in [-0.4, -0.2) is 34.0 Å². The molecule has 674 valence electrons. The Bertz CT molecular complexity index is 4050. The predicted octanol–water partition coefficient (Wildman–Crippen LogP) is 34.1. The molecule has 8 rings (SSSR count). The summed E-state index contributed by atoms with van der Waals surface area (Å²) in [5.41, 5.74) is 7.77. The molecule has 22 heteroatoms. The molecule has 12 unspecified atom stereocenters. The molecule has 4 heterocycles. The molecule has 0 spiro atoms. The lowest BCUT2D eigenvalue weighted by Gasteiger charge is -2.32. The molecule has 0 radical (unpaired) electrons. The number of nitrogens with zero attached hydrogens (tertiary/aromatic N) is 4. The Morgan fingerprint density at radius 3 is 0.742 bits per heavy atom. The fourth-order valence-corrected chi connectivity index (χ4v) is 121.